The zero-order valence-corrected chi connectivity index (χ0v) is 16.8. The van der Waals surface area contributed by atoms with E-state index >= 15 is 0 Å². The smallest absolute Gasteiger partial charge is 0.416 e. The Morgan fingerprint density at radius 2 is 1.81 bits per heavy atom. The van der Waals surface area contributed by atoms with Crippen LogP contribution in [0.4, 0.5) is 23.2 Å². The number of carbonyl (C=O) groups is 1. The Labute approximate surface area is 183 Å². The van der Waals surface area contributed by atoms with Gasteiger partial charge in [-0.15, -0.1) is 0 Å². The molecule has 0 bridgehead atoms. The number of methoxy groups -OCH3 is 1. The first kappa shape index (κ1) is 23.0. The molecule has 0 amide bonds. The Kier molecular flexibility index (Phi) is 6.35. The van der Waals surface area contributed by atoms with Crippen molar-refractivity contribution in [2.75, 3.05) is 7.11 Å². The number of rotatable bonds is 5. The summed E-state index contributed by atoms with van der Waals surface area (Å²) in [6.07, 6.45) is -4.63. The van der Waals surface area contributed by atoms with Crippen molar-refractivity contribution in [2.45, 2.75) is 6.18 Å². The summed E-state index contributed by atoms with van der Waals surface area (Å²) in [7, 11) is 1.01. The van der Waals surface area contributed by atoms with Crippen LogP contribution in [0.5, 0.6) is 11.5 Å². The normalized spacial score (nSPS) is 11.2. The highest BCUT2D eigenvalue weighted by Crippen LogP contribution is 2.41. The lowest BCUT2D eigenvalue weighted by Gasteiger charge is -2.14. The SMILES string of the molecule is COC(=O)c1cc(Oc2ccc(C(F)(F)F)cc2Cl)cc(-c2cccc(F)c2)c1[N+](=O)[O-]. The summed E-state index contributed by atoms with van der Waals surface area (Å²) in [6.45, 7) is 0. The number of nitrogens with zero attached hydrogens (tertiary/aromatic N) is 1. The Morgan fingerprint density at radius 3 is 2.38 bits per heavy atom. The molecule has 0 aliphatic heterocycles. The number of esters is 1. The number of hydrogen-bond donors (Lipinski definition) is 0. The number of nitro benzene ring substituents is 1. The number of alkyl halides is 3. The quantitative estimate of drug-likeness (QED) is 0.181. The van der Waals surface area contributed by atoms with Gasteiger partial charge in [0.25, 0.3) is 5.69 Å². The van der Waals surface area contributed by atoms with Crippen molar-refractivity contribution < 1.29 is 36.8 Å². The zero-order valence-electron chi connectivity index (χ0n) is 16.1. The number of ether oxygens (including phenoxy) is 2. The molecule has 0 aliphatic carbocycles. The molecule has 0 unspecified atom stereocenters. The maximum atomic E-state index is 13.7. The zero-order chi connectivity index (χ0) is 23.6. The fourth-order valence-corrected chi connectivity index (χ4v) is 3.11. The van der Waals surface area contributed by atoms with Gasteiger partial charge in [0.1, 0.15) is 22.9 Å². The third-order valence-electron chi connectivity index (χ3n) is 4.29. The summed E-state index contributed by atoms with van der Waals surface area (Å²) in [5, 5.41) is 11.3. The molecule has 0 aliphatic rings. The first-order valence-electron chi connectivity index (χ1n) is 8.72. The van der Waals surface area contributed by atoms with Crippen molar-refractivity contribution >= 4 is 23.3 Å². The predicted octanol–water partition coefficient (Wildman–Crippen LogP) is 6.65. The predicted molar refractivity (Wildman–Crippen MR) is 106 cm³/mol. The van der Waals surface area contributed by atoms with E-state index in [1.54, 1.807) is 0 Å². The second-order valence-electron chi connectivity index (χ2n) is 6.37. The maximum Gasteiger partial charge on any atom is 0.416 e. The van der Waals surface area contributed by atoms with E-state index in [1.165, 1.54) is 12.1 Å². The summed E-state index contributed by atoms with van der Waals surface area (Å²) < 4.78 is 62.4. The summed E-state index contributed by atoms with van der Waals surface area (Å²) in [5.41, 5.74) is -2.28. The number of hydrogen-bond acceptors (Lipinski definition) is 5. The van der Waals surface area contributed by atoms with Gasteiger partial charge in [-0.1, -0.05) is 23.7 Å². The van der Waals surface area contributed by atoms with Gasteiger partial charge in [-0.2, -0.15) is 13.2 Å². The van der Waals surface area contributed by atoms with Crippen LogP contribution in [0.25, 0.3) is 11.1 Å². The fourth-order valence-electron chi connectivity index (χ4n) is 2.89. The summed E-state index contributed by atoms with van der Waals surface area (Å²) in [6, 6.07) is 9.31. The second kappa shape index (κ2) is 8.83. The molecule has 0 spiro atoms. The van der Waals surface area contributed by atoms with Gasteiger partial charge < -0.3 is 9.47 Å². The summed E-state index contributed by atoms with van der Waals surface area (Å²) >= 11 is 5.90. The van der Waals surface area contributed by atoms with E-state index in [2.05, 4.69) is 4.74 Å². The molecular weight excluding hydrogens is 458 g/mol. The van der Waals surface area contributed by atoms with Crippen LogP contribution in [0.15, 0.2) is 54.6 Å². The fraction of sp³-hybridized carbons (Fsp3) is 0.0952. The standard InChI is InChI=1S/C21H12ClF4NO5/c1-31-20(28)16-10-14(32-18-6-5-12(8-17(18)22)21(24,25)26)9-15(19(16)27(29)30)11-3-2-4-13(23)7-11/h2-10H,1H3. The van der Waals surface area contributed by atoms with Gasteiger partial charge in [0, 0.05) is 6.07 Å². The van der Waals surface area contributed by atoms with Crippen LogP contribution in [0.2, 0.25) is 5.02 Å². The number of halogens is 5. The Balaban J connectivity index is 2.18. The molecule has 0 radical (unpaired) electrons. The van der Waals surface area contributed by atoms with Gasteiger partial charge in [0.05, 0.1) is 28.2 Å². The minimum atomic E-state index is -4.63. The Morgan fingerprint density at radius 1 is 1.09 bits per heavy atom. The van der Waals surface area contributed by atoms with Crippen LogP contribution in [0.3, 0.4) is 0 Å². The van der Waals surface area contributed by atoms with Crippen LogP contribution in [-0.2, 0) is 10.9 Å². The van der Waals surface area contributed by atoms with Crippen molar-refractivity contribution in [2.24, 2.45) is 0 Å². The van der Waals surface area contributed by atoms with E-state index in [9.17, 15) is 32.5 Å². The van der Waals surface area contributed by atoms with Gasteiger partial charge in [-0.25, -0.2) is 9.18 Å². The second-order valence-corrected chi connectivity index (χ2v) is 6.78. The van der Waals surface area contributed by atoms with Crippen molar-refractivity contribution in [3.8, 4) is 22.6 Å². The average molecular weight is 470 g/mol. The number of nitro groups is 1. The highest BCUT2D eigenvalue weighted by Gasteiger charge is 2.32. The minimum absolute atomic E-state index is 0.0609. The number of carbonyl (C=O) groups excluding carboxylic acids is 1. The Bertz CT molecular complexity index is 1210. The van der Waals surface area contributed by atoms with E-state index < -0.39 is 39.7 Å². The molecule has 0 N–H and O–H groups in total. The molecule has 0 fully saturated rings. The van der Waals surface area contributed by atoms with Gasteiger partial charge >= 0.3 is 12.1 Å². The lowest BCUT2D eigenvalue weighted by molar-refractivity contribution is -0.384. The van der Waals surface area contributed by atoms with Crippen LogP contribution in [-0.4, -0.2) is 18.0 Å². The van der Waals surface area contributed by atoms with Gasteiger partial charge in [0.2, 0.25) is 0 Å². The van der Waals surface area contributed by atoms with Crippen LogP contribution >= 0.6 is 11.6 Å². The van der Waals surface area contributed by atoms with E-state index in [-0.39, 0.29) is 27.6 Å². The van der Waals surface area contributed by atoms with Crippen LogP contribution in [0, 0.1) is 15.9 Å². The molecule has 166 valence electrons. The lowest BCUT2D eigenvalue weighted by atomic mass is 9.99. The maximum absolute atomic E-state index is 13.7. The number of benzene rings is 3. The molecule has 11 heteroatoms. The third-order valence-corrected chi connectivity index (χ3v) is 4.59. The van der Waals surface area contributed by atoms with Crippen molar-refractivity contribution in [3.05, 3.63) is 86.7 Å². The largest absolute Gasteiger partial charge is 0.465 e. The molecule has 0 saturated carbocycles. The van der Waals surface area contributed by atoms with E-state index in [0.29, 0.717) is 6.07 Å². The van der Waals surface area contributed by atoms with Crippen molar-refractivity contribution in [1.29, 1.82) is 0 Å². The summed E-state index contributed by atoms with van der Waals surface area (Å²) in [4.78, 5) is 23.1. The van der Waals surface area contributed by atoms with Crippen LogP contribution < -0.4 is 4.74 Å². The van der Waals surface area contributed by atoms with Crippen LogP contribution in [0.1, 0.15) is 15.9 Å². The van der Waals surface area contributed by atoms with Crippen molar-refractivity contribution in [3.63, 3.8) is 0 Å². The van der Waals surface area contributed by atoms with E-state index in [4.69, 9.17) is 16.3 Å². The first-order valence-corrected chi connectivity index (χ1v) is 9.10. The van der Waals surface area contributed by atoms with Gasteiger partial charge in [-0.05, 0) is 42.0 Å². The topological polar surface area (TPSA) is 78.7 Å². The minimum Gasteiger partial charge on any atom is -0.465 e. The molecule has 3 rings (SSSR count). The first-order chi connectivity index (χ1) is 15.0. The van der Waals surface area contributed by atoms with Crippen molar-refractivity contribution in [1.82, 2.24) is 0 Å². The molecule has 32 heavy (non-hydrogen) atoms. The molecule has 0 heterocycles. The monoisotopic (exact) mass is 469 g/mol. The van der Waals surface area contributed by atoms with E-state index in [1.807, 2.05) is 0 Å². The third kappa shape index (κ3) is 4.80. The molecule has 0 aromatic heterocycles. The highest BCUT2D eigenvalue weighted by atomic mass is 35.5. The molecule has 3 aromatic rings. The van der Waals surface area contributed by atoms with Gasteiger partial charge in [0.15, 0.2) is 0 Å². The average Bonchev–Trinajstić information content (AvgIpc) is 2.73. The highest BCUT2D eigenvalue weighted by molar-refractivity contribution is 6.32. The molecule has 6 nitrogen and oxygen atoms in total. The van der Waals surface area contributed by atoms with E-state index in [0.717, 1.165) is 43.5 Å². The summed E-state index contributed by atoms with van der Waals surface area (Å²) in [5.74, 6) is -2.13. The molecule has 3 aromatic carbocycles. The molecule has 0 atom stereocenters. The van der Waals surface area contributed by atoms with Gasteiger partial charge in [-0.3, -0.25) is 10.1 Å². The Hall–Kier alpha value is -3.66. The molecule has 0 saturated heterocycles. The lowest BCUT2D eigenvalue weighted by Crippen LogP contribution is -2.08. The molecular formula is C21H12ClF4NO5.